The average Bonchev–Trinajstić information content (AvgIpc) is 2.68. The number of nitrogens with zero attached hydrogens (tertiary/aromatic N) is 1. The first-order valence-electron chi connectivity index (χ1n) is 9.22. The largest absolute Gasteiger partial charge is 0.457 e. The number of methoxy groups -OCH3 is 1. The van der Waals surface area contributed by atoms with Crippen molar-refractivity contribution in [2.24, 2.45) is 0 Å². The molecular weight excluding hydrogens is 352 g/mol. The number of benzene rings is 2. The highest BCUT2D eigenvalue weighted by Crippen LogP contribution is 2.25. The van der Waals surface area contributed by atoms with Crippen LogP contribution in [0.2, 0.25) is 0 Å². The molecule has 0 saturated heterocycles. The molecule has 5 nitrogen and oxygen atoms in total. The summed E-state index contributed by atoms with van der Waals surface area (Å²) in [5.74, 6) is 1.23. The van der Waals surface area contributed by atoms with E-state index in [1.807, 2.05) is 43.3 Å². The molecule has 0 aliphatic rings. The monoisotopic (exact) mass is 376 g/mol. The summed E-state index contributed by atoms with van der Waals surface area (Å²) in [5.41, 5.74) is 3.86. The van der Waals surface area contributed by atoms with Crippen molar-refractivity contribution in [1.29, 1.82) is 0 Å². The number of ether oxygens (including phenoxy) is 2. The van der Waals surface area contributed by atoms with Crippen LogP contribution in [0.4, 0.5) is 5.69 Å². The minimum Gasteiger partial charge on any atom is -0.457 e. The summed E-state index contributed by atoms with van der Waals surface area (Å²) in [6.45, 7) is 4.34. The van der Waals surface area contributed by atoms with Crippen molar-refractivity contribution in [3.05, 3.63) is 83.2 Å². The first kappa shape index (κ1) is 19.6. The summed E-state index contributed by atoms with van der Waals surface area (Å²) in [5, 5.41) is 2.91. The van der Waals surface area contributed by atoms with Crippen molar-refractivity contribution in [3.63, 3.8) is 0 Å². The minimum absolute atomic E-state index is 0.209. The molecule has 0 atom stereocenters. The second kappa shape index (κ2) is 9.15. The predicted octanol–water partition coefficient (Wildman–Crippen LogP) is 5.14. The van der Waals surface area contributed by atoms with Crippen LogP contribution in [-0.4, -0.2) is 18.0 Å². The van der Waals surface area contributed by atoms with Crippen molar-refractivity contribution in [2.75, 3.05) is 12.4 Å². The molecule has 0 fully saturated rings. The van der Waals surface area contributed by atoms with Crippen LogP contribution in [0.1, 0.15) is 34.2 Å². The number of hydrogen-bond donors (Lipinski definition) is 1. The molecule has 1 aromatic heterocycles. The Labute approximate surface area is 165 Å². The number of hydrogen-bond acceptors (Lipinski definition) is 4. The summed E-state index contributed by atoms with van der Waals surface area (Å²) in [7, 11) is 1.62. The maximum absolute atomic E-state index is 12.6. The summed E-state index contributed by atoms with van der Waals surface area (Å²) in [4.78, 5) is 17.0. The second-order valence-electron chi connectivity index (χ2n) is 6.45. The molecule has 28 heavy (non-hydrogen) atoms. The molecule has 144 valence electrons. The second-order valence-corrected chi connectivity index (χ2v) is 6.45. The van der Waals surface area contributed by atoms with Gasteiger partial charge in [0.15, 0.2) is 0 Å². The van der Waals surface area contributed by atoms with E-state index in [0.717, 1.165) is 17.9 Å². The number of rotatable bonds is 7. The van der Waals surface area contributed by atoms with Gasteiger partial charge in [-0.25, -0.2) is 0 Å². The van der Waals surface area contributed by atoms with Gasteiger partial charge in [-0.2, -0.15) is 0 Å². The Balaban J connectivity index is 1.72. The summed E-state index contributed by atoms with van der Waals surface area (Å²) >= 11 is 0. The average molecular weight is 376 g/mol. The maximum atomic E-state index is 12.6. The van der Waals surface area contributed by atoms with Crippen molar-refractivity contribution in [3.8, 4) is 11.5 Å². The summed E-state index contributed by atoms with van der Waals surface area (Å²) < 4.78 is 11.0. The lowest BCUT2D eigenvalue weighted by Gasteiger charge is -2.11. The van der Waals surface area contributed by atoms with Crippen LogP contribution in [-0.2, 0) is 17.8 Å². The number of pyridine rings is 1. The molecule has 0 radical (unpaired) electrons. The molecule has 0 unspecified atom stereocenters. The molecule has 0 aliphatic carbocycles. The fourth-order valence-electron chi connectivity index (χ4n) is 2.88. The van der Waals surface area contributed by atoms with Crippen LogP contribution < -0.4 is 10.1 Å². The number of aromatic nitrogens is 1. The Morgan fingerprint density at radius 3 is 2.50 bits per heavy atom. The third kappa shape index (κ3) is 4.96. The van der Waals surface area contributed by atoms with Gasteiger partial charge in [-0.1, -0.05) is 25.1 Å². The fraction of sp³-hybridized carbons (Fsp3) is 0.217. The van der Waals surface area contributed by atoms with Crippen LogP contribution in [0.15, 0.2) is 60.7 Å². The molecule has 1 N–H and O–H groups in total. The zero-order valence-electron chi connectivity index (χ0n) is 16.4. The number of carbonyl (C=O) groups is 1. The smallest absolute Gasteiger partial charge is 0.257 e. The zero-order valence-corrected chi connectivity index (χ0v) is 16.4. The van der Waals surface area contributed by atoms with Crippen LogP contribution in [0.25, 0.3) is 0 Å². The molecule has 0 spiro atoms. The first-order valence-corrected chi connectivity index (χ1v) is 9.22. The Bertz CT molecular complexity index is 970. The van der Waals surface area contributed by atoms with E-state index in [1.165, 1.54) is 5.56 Å². The highest BCUT2D eigenvalue weighted by atomic mass is 16.5. The molecule has 3 rings (SSSR count). The van der Waals surface area contributed by atoms with Crippen molar-refractivity contribution >= 4 is 11.6 Å². The molecule has 0 bridgehead atoms. The Hall–Kier alpha value is -3.18. The Morgan fingerprint density at radius 1 is 1.04 bits per heavy atom. The number of amides is 1. The van der Waals surface area contributed by atoms with E-state index in [4.69, 9.17) is 9.47 Å². The van der Waals surface area contributed by atoms with Gasteiger partial charge in [-0.15, -0.1) is 0 Å². The molecular formula is C23H24N2O3. The first-order chi connectivity index (χ1) is 13.6. The fourth-order valence-corrected chi connectivity index (χ4v) is 2.88. The summed E-state index contributed by atoms with van der Waals surface area (Å²) in [6.07, 6.45) is 0.948. The molecule has 0 saturated carbocycles. The van der Waals surface area contributed by atoms with Crippen LogP contribution in [0, 0.1) is 6.92 Å². The van der Waals surface area contributed by atoms with Gasteiger partial charge in [0.2, 0.25) is 0 Å². The minimum atomic E-state index is -0.209. The quantitative estimate of drug-likeness (QED) is 0.620. The van der Waals surface area contributed by atoms with Gasteiger partial charge in [-0.05, 0) is 55.3 Å². The van der Waals surface area contributed by atoms with Gasteiger partial charge < -0.3 is 14.8 Å². The predicted molar refractivity (Wildman–Crippen MR) is 110 cm³/mol. The van der Waals surface area contributed by atoms with E-state index in [9.17, 15) is 4.79 Å². The summed E-state index contributed by atoms with van der Waals surface area (Å²) in [6, 6.07) is 18.9. The van der Waals surface area contributed by atoms with Crippen molar-refractivity contribution in [1.82, 2.24) is 4.98 Å². The van der Waals surface area contributed by atoms with E-state index in [2.05, 4.69) is 23.3 Å². The van der Waals surface area contributed by atoms with Gasteiger partial charge in [0.05, 0.1) is 23.6 Å². The van der Waals surface area contributed by atoms with Gasteiger partial charge >= 0.3 is 0 Å². The number of carbonyl (C=O) groups excluding carboxylic acids is 1. The lowest BCUT2D eigenvalue weighted by atomic mass is 10.1. The Morgan fingerprint density at radius 2 is 1.79 bits per heavy atom. The molecule has 2 aromatic carbocycles. The molecule has 1 heterocycles. The van der Waals surface area contributed by atoms with Crippen LogP contribution >= 0.6 is 0 Å². The molecule has 1 amide bonds. The molecule has 5 heteroatoms. The third-order valence-electron chi connectivity index (χ3n) is 4.31. The number of nitrogens with one attached hydrogen (secondary N) is 1. The van der Waals surface area contributed by atoms with Crippen LogP contribution in [0.5, 0.6) is 11.5 Å². The lowest BCUT2D eigenvalue weighted by molar-refractivity contribution is 0.102. The topological polar surface area (TPSA) is 60.5 Å². The normalized spacial score (nSPS) is 10.5. The third-order valence-corrected chi connectivity index (χ3v) is 4.31. The number of aryl methyl sites for hydroxylation is 2. The molecule has 0 aliphatic heterocycles. The van der Waals surface area contributed by atoms with E-state index < -0.39 is 0 Å². The van der Waals surface area contributed by atoms with E-state index in [-0.39, 0.29) is 5.91 Å². The van der Waals surface area contributed by atoms with Gasteiger partial charge in [-0.3, -0.25) is 9.78 Å². The standard InChI is InChI=1S/C23H24N2O3/c1-4-17-7-5-9-20(13-17)28-21-10-6-8-18(14-21)25-23(26)22-12-11-19(15-27-3)24-16(22)2/h5-14H,4,15H2,1-3H3,(H,25,26). The highest BCUT2D eigenvalue weighted by Gasteiger charge is 2.12. The van der Waals surface area contributed by atoms with Gasteiger partial charge in [0.25, 0.3) is 5.91 Å². The Kier molecular flexibility index (Phi) is 6.40. The van der Waals surface area contributed by atoms with Gasteiger partial charge in [0.1, 0.15) is 11.5 Å². The van der Waals surface area contributed by atoms with Crippen LogP contribution in [0.3, 0.4) is 0 Å². The van der Waals surface area contributed by atoms with E-state index in [1.54, 1.807) is 25.3 Å². The van der Waals surface area contributed by atoms with Gasteiger partial charge in [0, 0.05) is 18.9 Å². The molecule has 3 aromatic rings. The number of anilines is 1. The maximum Gasteiger partial charge on any atom is 0.257 e. The van der Waals surface area contributed by atoms with Crippen molar-refractivity contribution < 1.29 is 14.3 Å². The van der Waals surface area contributed by atoms with E-state index >= 15 is 0 Å². The van der Waals surface area contributed by atoms with E-state index in [0.29, 0.717) is 29.3 Å². The zero-order chi connectivity index (χ0) is 19.9. The van der Waals surface area contributed by atoms with Crippen molar-refractivity contribution in [2.45, 2.75) is 26.9 Å². The SMILES string of the molecule is CCc1cccc(Oc2cccc(NC(=O)c3ccc(COC)nc3C)c2)c1. The lowest BCUT2D eigenvalue weighted by Crippen LogP contribution is -2.14. The highest BCUT2D eigenvalue weighted by molar-refractivity contribution is 6.05.